The first-order valence-corrected chi connectivity index (χ1v) is 7.78. The fraction of sp³-hybridized carbons (Fsp3) is 0.500. The van der Waals surface area contributed by atoms with E-state index >= 15 is 0 Å². The SMILES string of the molecule is CCC1CCCC(n2c(=S)[nH]c3c(C#N)cccc32)C1. The number of aromatic nitrogens is 2. The summed E-state index contributed by atoms with van der Waals surface area (Å²) < 4.78 is 3.00. The molecule has 2 atom stereocenters. The van der Waals surface area contributed by atoms with Crippen LogP contribution in [-0.4, -0.2) is 9.55 Å². The summed E-state index contributed by atoms with van der Waals surface area (Å²) in [7, 11) is 0. The van der Waals surface area contributed by atoms with Gasteiger partial charge >= 0.3 is 0 Å². The number of fused-ring (bicyclic) bond motifs is 1. The maximum Gasteiger partial charge on any atom is 0.178 e. The van der Waals surface area contributed by atoms with Crippen molar-refractivity contribution in [3.63, 3.8) is 0 Å². The summed E-state index contributed by atoms with van der Waals surface area (Å²) >= 11 is 5.51. The molecule has 2 unspecified atom stereocenters. The molecule has 3 nitrogen and oxygen atoms in total. The Balaban J connectivity index is 2.10. The molecule has 0 saturated heterocycles. The number of benzene rings is 1. The van der Waals surface area contributed by atoms with Crippen molar-refractivity contribution < 1.29 is 0 Å². The molecule has 1 aromatic carbocycles. The molecular formula is C16H19N3S. The number of nitrogens with one attached hydrogen (secondary N) is 1. The van der Waals surface area contributed by atoms with E-state index in [1.807, 2.05) is 12.1 Å². The number of imidazole rings is 1. The van der Waals surface area contributed by atoms with Gasteiger partial charge < -0.3 is 9.55 Å². The molecule has 0 aliphatic heterocycles. The van der Waals surface area contributed by atoms with Crippen molar-refractivity contribution in [1.82, 2.24) is 9.55 Å². The molecule has 4 heteroatoms. The summed E-state index contributed by atoms with van der Waals surface area (Å²) in [6, 6.07) is 8.57. The topological polar surface area (TPSA) is 44.5 Å². The Morgan fingerprint density at radius 1 is 1.45 bits per heavy atom. The molecule has 1 aromatic heterocycles. The Hall–Kier alpha value is -1.60. The lowest BCUT2D eigenvalue weighted by molar-refractivity contribution is 0.264. The normalized spacial score (nSPS) is 22.8. The van der Waals surface area contributed by atoms with Gasteiger partial charge in [-0.3, -0.25) is 0 Å². The number of nitriles is 1. The third-order valence-corrected chi connectivity index (χ3v) is 4.87. The second-order valence-corrected chi connectivity index (χ2v) is 6.09. The zero-order valence-electron chi connectivity index (χ0n) is 11.7. The van der Waals surface area contributed by atoms with E-state index in [0.717, 1.165) is 21.7 Å². The van der Waals surface area contributed by atoms with Gasteiger partial charge in [0.25, 0.3) is 0 Å². The van der Waals surface area contributed by atoms with Crippen LogP contribution < -0.4 is 0 Å². The summed E-state index contributed by atoms with van der Waals surface area (Å²) in [5, 5.41) is 9.21. The Morgan fingerprint density at radius 2 is 2.30 bits per heavy atom. The molecule has 2 aromatic rings. The number of hydrogen-bond acceptors (Lipinski definition) is 2. The van der Waals surface area contributed by atoms with Gasteiger partial charge in [-0.25, -0.2) is 0 Å². The number of rotatable bonds is 2. The Kier molecular flexibility index (Phi) is 3.62. The van der Waals surface area contributed by atoms with Crippen LogP contribution in [0.25, 0.3) is 11.0 Å². The van der Waals surface area contributed by atoms with Crippen LogP contribution in [0.3, 0.4) is 0 Å². The number of H-pyrrole nitrogens is 1. The summed E-state index contributed by atoms with van der Waals surface area (Å²) in [6.45, 7) is 2.27. The van der Waals surface area contributed by atoms with Crippen molar-refractivity contribution in [2.24, 2.45) is 5.92 Å². The molecule has 0 radical (unpaired) electrons. The molecule has 20 heavy (non-hydrogen) atoms. The van der Waals surface area contributed by atoms with E-state index in [0.29, 0.717) is 11.6 Å². The monoisotopic (exact) mass is 285 g/mol. The first-order chi connectivity index (χ1) is 9.74. The zero-order chi connectivity index (χ0) is 14.1. The lowest BCUT2D eigenvalue weighted by Gasteiger charge is -2.29. The highest BCUT2D eigenvalue weighted by Crippen LogP contribution is 2.36. The third kappa shape index (κ3) is 2.16. The largest absolute Gasteiger partial charge is 0.329 e. The quantitative estimate of drug-likeness (QED) is 0.812. The minimum Gasteiger partial charge on any atom is -0.329 e. The van der Waals surface area contributed by atoms with Crippen molar-refractivity contribution in [3.05, 3.63) is 28.5 Å². The minimum absolute atomic E-state index is 0.476. The Labute approximate surface area is 124 Å². The molecule has 1 aliphatic rings. The van der Waals surface area contributed by atoms with Crippen LogP contribution >= 0.6 is 12.2 Å². The van der Waals surface area contributed by atoms with Crippen LogP contribution in [0.2, 0.25) is 0 Å². The standard InChI is InChI=1S/C16H19N3S/c1-2-11-5-3-7-13(9-11)19-14-8-4-6-12(10-17)15(14)18-16(19)20/h4,6,8,11,13H,2-3,5,7,9H2,1H3,(H,18,20). The van der Waals surface area contributed by atoms with E-state index in [4.69, 9.17) is 12.2 Å². The van der Waals surface area contributed by atoms with Crippen molar-refractivity contribution >= 4 is 23.3 Å². The molecule has 0 amide bonds. The predicted octanol–water partition coefficient (Wildman–Crippen LogP) is 4.71. The predicted molar refractivity (Wildman–Crippen MR) is 83.1 cm³/mol. The number of hydrogen-bond donors (Lipinski definition) is 1. The van der Waals surface area contributed by atoms with Gasteiger partial charge in [-0.1, -0.05) is 32.3 Å². The zero-order valence-corrected chi connectivity index (χ0v) is 12.5. The molecule has 3 rings (SSSR count). The van der Waals surface area contributed by atoms with E-state index < -0.39 is 0 Å². The van der Waals surface area contributed by atoms with E-state index in [9.17, 15) is 5.26 Å². The maximum atomic E-state index is 9.21. The molecule has 1 heterocycles. The first kappa shape index (κ1) is 13.4. The Morgan fingerprint density at radius 3 is 3.05 bits per heavy atom. The Bertz CT molecular complexity index is 719. The van der Waals surface area contributed by atoms with E-state index in [-0.39, 0.29) is 0 Å². The first-order valence-electron chi connectivity index (χ1n) is 7.38. The molecule has 104 valence electrons. The number of aromatic amines is 1. The number of para-hydroxylation sites is 1. The van der Waals surface area contributed by atoms with Crippen LogP contribution in [0.4, 0.5) is 0 Å². The second-order valence-electron chi connectivity index (χ2n) is 5.71. The van der Waals surface area contributed by atoms with Gasteiger partial charge in [-0.2, -0.15) is 5.26 Å². The van der Waals surface area contributed by atoms with E-state index in [1.165, 1.54) is 32.1 Å². The molecule has 1 fully saturated rings. The van der Waals surface area contributed by atoms with Gasteiger partial charge in [0.2, 0.25) is 0 Å². The lowest BCUT2D eigenvalue weighted by Crippen LogP contribution is -2.19. The van der Waals surface area contributed by atoms with Gasteiger partial charge in [-0.05, 0) is 43.1 Å². The average Bonchev–Trinajstić information content (AvgIpc) is 2.83. The highest BCUT2D eigenvalue weighted by Gasteiger charge is 2.24. The van der Waals surface area contributed by atoms with Gasteiger partial charge in [0.05, 0.1) is 16.6 Å². The third-order valence-electron chi connectivity index (χ3n) is 4.57. The molecule has 1 N–H and O–H groups in total. The average molecular weight is 285 g/mol. The second kappa shape index (κ2) is 5.41. The van der Waals surface area contributed by atoms with Gasteiger partial charge in [0.15, 0.2) is 4.77 Å². The summed E-state index contributed by atoms with van der Waals surface area (Å²) in [5.41, 5.74) is 2.64. The van der Waals surface area contributed by atoms with Gasteiger partial charge in [-0.15, -0.1) is 0 Å². The van der Waals surface area contributed by atoms with Crippen LogP contribution in [0.5, 0.6) is 0 Å². The van der Waals surface area contributed by atoms with Crippen molar-refractivity contribution in [3.8, 4) is 6.07 Å². The van der Waals surface area contributed by atoms with E-state index in [1.54, 1.807) is 0 Å². The molecular weight excluding hydrogens is 266 g/mol. The van der Waals surface area contributed by atoms with Crippen LogP contribution in [0.15, 0.2) is 18.2 Å². The van der Waals surface area contributed by atoms with Crippen molar-refractivity contribution in [2.45, 2.75) is 45.1 Å². The summed E-state index contributed by atoms with van der Waals surface area (Å²) in [5.74, 6) is 0.805. The van der Waals surface area contributed by atoms with Gasteiger partial charge in [0.1, 0.15) is 6.07 Å². The summed E-state index contributed by atoms with van der Waals surface area (Å²) in [6.07, 6.45) is 6.25. The van der Waals surface area contributed by atoms with Crippen molar-refractivity contribution in [2.75, 3.05) is 0 Å². The van der Waals surface area contributed by atoms with Crippen molar-refractivity contribution in [1.29, 1.82) is 5.26 Å². The maximum absolute atomic E-state index is 9.21. The van der Waals surface area contributed by atoms with Gasteiger partial charge in [0, 0.05) is 6.04 Å². The van der Waals surface area contributed by atoms with Crippen LogP contribution in [-0.2, 0) is 0 Å². The van der Waals surface area contributed by atoms with Crippen LogP contribution in [0.1, 0.15) is 50.6 Å². The fourth-order valence-electron chi connectivity index (χ4n) is 3.47. The highest BCUT2D eigenvalue weighted by molar-refractivity contribution is 7.71. The van der Waals surface area contributed by atoms with Crippen LogP contribution in [0, 0.1) is 22.0 Å². The smallest absolute Gasteiger partial charge is 0.178 e. The molecule has 1 saturated carbocycles. The fourth-order valence-corrected chi connectivity index (χ4v) is 3.82. The number of nitrogens with zero attached hydrogens (tertiary/aromatic N) is 2. The minimum atomic E-state index is 0.476. The molecule has 0 bridgehead atoms. The lowest BCUT2D eigenvalue weighted by atomic mass is 9.84. The molecule has 0 spiro atoms. The van der Waals surface area contributed by atoms with E-state index in [2.05, 4.69) is 28.6 Å². The molecule has 1 aliphatic carbocycles. The highest BCUT2D eigenvalue weighted by atomic mass is 32.1. The summed E-state index contributed by atoms with van der Waals surface area (Å²) in [4.78, 5) is 3.23.